The molecule has 20 heavy (non-hydrogen) atoms. The van der Waals surface area contributed by atoms with Crippen LogP contribution in [0.5, 0.6) is 0 Å². The minimum Gasteiger partial charge on any atom is -0.364 e. The number of aromatic nitrogens is 2. The summed E-state index contributed by atoms with van der Waals surface area (Å²) < 4.78 is 0. The molecule has 0 saturated carbocycles. The minimum absolute atomic E-state index is 0.696. The number of aryl methyl sites for hydroxylation is 1. The van der Waals surface area contributed by atoms with Crippen LogP contribution in [0.1, 0.15) is 21.6 Å². The number of anilines is 1. The number of carbonyl (C=O) groups is 1. The first-order valence-corrected chi connectivity index (χ1v) is 6.50. The van der Waals surface area contributed by atoms with Crippen LogP contribution in [-0.4, -0.2) is 16.3 Å². The molecule has 0 bridgehead atoms. The lowest BCUT2D eigenvalue weighted by Gasteiger charge is -2.06. The van der Waals surface area contributed by atoms with Gasteiger partial charge in [-0.25, -0.2) is 4.98 Å². The molecule has 0 aliphatic heterocycles. The molecule has 0 atom stereocenters. The maximum atomic E-state index is 11.1. The average molecular weight is 265 g/mol. The molecular formula is C16H15N3O. The molecule has 2 heterocycles. The predicted octanol–water partition coefficient (Wildman–Crippen LogP) is 3.30. The summed E-state index contributed by atoms with van der Waals surface area (Å²) in [6.45, 7) is 2.59. The van der Waals surface area contributed by atoms with E-state index in [9.17, 15) is 4.79 Å². The number of aldehydes is 1. The molecule has 100 valence electrons. The summed E-state index contributed by atoms with van der Waals surface area (Å²) >= 11 is 0. The molecule has 0 aliphatic carbocycles. The molecule has 0 fully saturated rings. The number of H-pyrrole nitrogens is 1. The van der Waals surface area contributed by atoms with Crippen LogP contribution >= 0.6 is 0 Å². The molecule has 0 aliphatic rings. The summed E-state index contributed by atoms with van der Waals surface area (Å²) in [4.78, 5) is 18.7. The van der Waals surface area contributed by atoms with E-state index in [0.717, 1.165) is 28.7 Å². The zero-order valence-corrected chi connectivity index (χ0v) is 11.2. The highest BCUT2D eigenvalue weighted by atomic mass is 16.1. The monoisotopic (exact) mass is 265 g/mol. The number of benzene rings is 1. The van der Waals surface area contributed by atoms with Crippen molar-refractivity contribution in [1.29, 1.82) is 0 Å². The van der Waals surface area contributed by atoms with E-state index in [0.29, 0.717) is 12.1 Å². The average Bonchev–Trinajstić information content (AvgIpc) is 2.82. The largest absolute Gasteiger partial charge is 0.364 e. The second-order valence-corrected chi connectivity index (χ2v) is 4.70. The van der Waals surface area contributed by atoms with Gasteiger partial charge in [0.25, 0.3) is 0 Å². The molecule has 4 nitrogen and oxygen atoms in total. The Labute approximate surface area is 116 Å². The van der Waals surface area contributed by atoms with E-state index >= 15 is 0 Å². The van der Waals surface area contributed by atoms with Crippen molar-refractivity contribution in [3.63, 3.8) is 0 Å². The molecule has 2 aromatic heterocycles. The van der Waals surface area contributed by atoms with E-state index in [1.54, 1.807) is 6.20 Å². The van der Waals surface area contributed by atoms with Gasteiger partial charge in [0.15, 0.2) is 12.1 Å². The van der Waals surface area contributed by atoms with Crippen molar-refractivity contribution >= 4 is 23.0 Å². The van der Waals surface area contributed by atoms with Gasteiger partial charge in [-0.2, -0.15) is 0 Å². The number of carbonyl (C=O) groups excluding carboxylic acids is 1. The maximum Gasteiger partial charge on any atom is 0.152 e. The van der Waals surface area contributed by atoms with Crippen molar-refractivity contribution in [2.75, 3.05) is 5.32 Å². The fourth-order valence-corrected chi connectivity index (χ4v) is 2.34. The highest BCUT2D eigenvalue weighted by Crippen LogP contribution is 2.25. The van der Waals surface area contributed by atoms with Gasteiger partial charge < -0.3 is 10.3 Å². The van der Waals surface area contributed by atoms with E-state index in [1.807, 2.05) is 31.2 Å². The summed E-state index contributed by atoms with van der Waals surface area (Å²) in [5.41, 5.74) is 3.63. The molecule has 0 amide bonds. The Morgan fingerprint density at radius 3 is 2.80 bits per heavy atom. The number of nitrogens with one attached hydrogen (secondary N) is 2. The minimum atomic E-state index is 0.696. The third-order valence-corrected chi connectivity index (χ3v) is 3.38. The van der Waals surface area contributed by atoms with Crippen LogP contribution < -0.4 is 5.32 Å². The molecule has 0 saturated heterocycles. The van der Waals surface area contributed by atoms with E-state index in [2.05, 4.69) is 27.4 Å². The van der Waals surface area contributed by atoms with Crippen molar-refractivity contribution in [3.05, 3.63) is 59.4 Å². The van der Waals surface area contributed by atoms with Crippen LogP contribution in [0.25, 0.3) is 10.9 Å². The number of hydrogen-bond donors (Lipinski definition) is 2. The van der Waals surface area contributed by atoms with E-state index in [4.69, 9.17) is 0 Å². The topological polar surface area (TPSA) is 57.8 Å². The Bertz CT molecular complexity index is 747. The van der Waals surface area contributed by atoms with Crippen LogP contribution in [0.3, 0.4) is 0 Å². The molecule has 0 radical (unpaired) electrons. The fraction of sp³-hybridized carbons (Fsp3) is 0.125. The van der Waals surface area contributed by atoms with Crippen LogP contribution in [0, 0.1) is 6.92 Å². The molecule has 0 unspecified atom stereocenters. The summed E-state index contributed by atoms with van der Waals surface area (Å²) in [7, 11) is 0. The lowest BCUT2D eigenvalue weighted by molar-refractivity contribution is 0.112. The number of aromatic amines is 1. The number of nitrogens with zero attached hydrogens (tertiary/aromatic N) is 1. The summed E-state index contributed by atoms with van der Waals surface area (Å²) in [5.74, 6) is 0.766. The van der Waals surface area contributed by atoms with Gasteiger partial charge in [0.2, 0.25) is 0 Å². The van der Waals surface area contributed by atoms with Gasteiger partial charge in [-0.1, -0.05) is 30.3 Å². The zero-order chi connectivity index (χ0) is 13.9. The second-order valence-electron chi connectivity index (χ2n) is 4.70. The van der Waals surface area contributed by atoms with Gasteiger partial charge >= 0.3 is 0 Å². The normalized spacial score (nSPS) is 10.7. The fourth-order valence-electron chi connectivity index (χ4n) is 2.34. The lowest BCUT2D eigenvalue weighted by atomic mass is 10.2. The Morgan fingerprint density at radius 2 is 2.05 bits per heavy atom. The smallest absolute Gasteiger partial charge is 0.152 e. The predicted molar refractivity (Wildman–Crippen MR) is 80.0 cm³/mol. The van der Waals surface area contributed by atoms with Crippen molar-refractivity contribution < 1.29 is 4.79 Å². The molecule has 1 aromatic carbocycles. The van der Waals surface area contributed by atoms with Crippen LogP contribution in [-0.2, 0) is 6.54 Å². The number of hydrogen-bond acceptors (Lipinski definition) is 3. The first-order chi connectivity index (χ1) is 9.79. The van der Waals surface area contributed by atoms with Crippen molar-refractivity contribution in [2.24, 2.45) is 0 Å². The van der Waals surface area contributed by atoms with Crippen molar-refractivity contribution in [2.45, 2.75) is 13.5 Å². The van der Waals surface area contributed by atoms with Crippen LogP contribution in [0.4, 0.5) is 5.82 Å². The Morgan fingerprint density at radius 1 is 1.25 bits per heavy atom. The van der Waals surface area contributed by atoms with Crippen molar-refractivity contribution in [1.82, 2.24) is 9.97 Å². The molecule has 2 N–H and O–H groups in total. The van der Waals surface area contributed by atoms with Crippen molar-refractivity contribution in [3.8, 4) is 0 Å². The van der Waals surface area contributed by atoms with Gasteiger partial charge in [0.05, 0.1) is 5.52 Å². The van der Waals surface area contributed by atoms with Gasteiger partial charge in [-0.05, 0) is 18.6 Å². The summed E-state index contributed by atoms with van der Waals surface area (Å²) in [6, 6.07) is 12.0. The lowest BCUT2D eigenvalue weighted by Crippen LogP contribution is -2.01. The number of fused-ring (bicyclic) bond motifs is 1. The molecule has 0 spiro atoms. The Kier molecular flexibility index (Phi) is 3.21. The van der Waals surface area contributed by atoms with E-state index in [-0.39, 0.29) is 0 Å². The molecule has 4 heteroatoms. The third kappa shape index (κ3) is 2.16. The SMILES string of the molecule is Cc1[nH]c2c(NCc3ccccc3)nccc2c1C=O. The Balaban J connectivity index is 1.94. The standard InChI is InChI=1S/C16H15N3O/c1-11-14(10-20)13-7-8-17-16(15(13)19-11)18-9-12-5-3-2-4-6-12/h2-8,10,19H,9H2,1H3,(H,17,18). The van der Waals surface area contributed by atoms with Gasteiger partial charge in [-0.3, -0.25) is 4.79 Å². The van der Waals surface area contributed by atoms with E-state index in [1.165, 1.54) is 5.56 Å². The second kappa shape index (κ2) is 5.17. The highest BCUT2D eigenvalue weighted by Gasteiger charge is 2.11. The molecule has 3 aromatic rings. The summed E-state index contributed by atoms with van der Waals surface area (Å²) in [6.07, 6.45) is 2.60. The van der Waals surface area contributed by atoms with Gasteiger partial charge in [-0.15, -0.1) is 0 Å². The maximum absolute atomic E-state index is 11.1. The number of pyridine rings is 1. The van der Waals surface area contributed by atoms with Crippen LogP contribution in [0.15, 0.2) is 42.6 Å². The molecular weight excluding hydrogens is 250 g/mol. The van der Waals surface area contributed by atoms with Gasteiger partial charge in [0, 0.05) is 29.4 Å². The quantitative estimate of drug-likeness (QED) is 0.712. The van der Waals surface area contributed by atoms with E-state index < -0.39 is 0 Å². The summed E-state index contributed by atoms with van der Waals surface area (Å²) in [5, 5.41) is 4.22. The van der Waals surface area contributed by atoms with Gasteiger partial charge in [0.1, 0.15) is 0 Å². The highest BCUT2D eigenvalue weighted by molar-refractivity contribution is 6.02. The van der Waals surface area contributed by atoms with Crippen LogP contribution in [0.2, 0.25) is 0 Å². The first-order valence-electron chi connectivity index (χ1n) is 6.50. The Hall–Kier alpha value is -2.62. The number of rotatable bonds is 4. The molecule has 3 rings (SSSR count). The third-order valence-electron chi connectivity index (χ3n) is 3.38. The zero-order valence-electron chi connectivity index (χ0n) is 11.2. The first kappa shape index (κ1) is 12.4.